The molecule has 0 atom stereocenters. The van der Waals surface area contributed by atoms with Crippen LogP contribution < -0.4 is 0 Å². The Kier molecular flexibility index (Phi) is 7.51. The maximum absolute atomic E-state index is 5.50. The summed E-state index contributed by atoms with van der Waals surface area (Å²) >= 11 is 0. The third-order valence-electron chi connectivity index (χ3n) is 2.10. The molecule has 0 aromatic heterocycles. The molecule has 0 aliphatic carbocycles. The fourth-order valence-corrected chi connectivity index (χ4v) is 1.32. The van der Waals surface area contributed by atoms with E-state index in [2.05, 4.69) is 13.8 Å². The molecule has 0 saturated carbocycles. The minimum Gasteiger partial charge on any atom is -0.353 e. The number of rotatable bonds is 7. The van der Waals surface area contributed by atoms with Gasteiger partial charge < -0.3 is 9.47 Å². The van der Waals surface area contributed by atoms with E-state index in [1.807, 2.05) is 13.8 Å². The highest BCUT2D eigenvalue weighted by molar-refractivity contribution is 4.58. The van der Waals surface area contributed by atoms with Crippen LogP contribution in [0.3, 0.4) is 0 Å². The molecular weight excluding hydrogens is 152 g/mol. The normalized spacial score (nSPS) is 11.5. The Morgan fingerprint density at radius 3 is 1.50 bits per heavy atom. The molecule has 0 aromatic carbocycles. The first-order valence-electron chi connectivity index (χ1n) is 5.03. The molecule has 0 spiro atoms. The van der Waals surface area contributed by atoms with Crippen LogP contribution in [0.4, 0.5) is 0 Å². The first kappa shape index (κ1) is 11.9. The molecule has 0 aromatic rings. The number of ether oxygens (including phenoxy) is 2. The van der Waals surface area contributed by atoms with Crippen LogP contribution in [0.5, 0.6) is 0 Å². The summed E-state index contributed by atoms with van der Waals surface area (Å²) in [4.78, 5) is 0. The zero-order valence-electron chi connectivity index (χ0n) is 8.80. The van der Waals surface area contributed by atoms with E-state index in [1.165, 1.54) is 0 Å². The second-order valence-corrected chi connectivity index (χ2v) is 2.86. The average Bonchev–Trinajstić information content (AvgIpc) is 2.07. The summed E-state index contributed by atoms with van der Waals surface area (Å²) in [5, 5.41) is 0. The Labute approximate surface area is 76.3 Å². The zero-order chi connectivity index (χ0) is 9.40. The van der Waals surface area contributed by atoms with E-state index in [4.69, 9.17) is 9.47 Å². The monoisotopic (exact) mass is 174 g/mol. The molecule has 0 bridgehead atoms. The molecule has 0 aliphatic rings. The van der Waals surface area contributed by atoms with Gasteiger partial charge in [0, 0.05) is 19.1 Å². The quantitative estimate of drug-likeness (QED) is 0.552. The average molecular weight is 174 g/mol. The highest BCUT2D eigenvalue weighted by atomic mass is 16.7. The lowest BCUT2D eigenvalue weighted by atomic mass is 10.0. The van der Waals surface area contributed by atoms with Gasteiger partial charge in [-0.05, 0) is 26.7 Å². The predicted molar refractivity (Wildman–Crippen MR) is 51.1 cm³/mol. The van der Waals surface area contributed by atoms with Gasteiger partial charge in [-0.2, -0.15) is 0 Å². The molecule has 2 heteroatoms. The second-order valence-electron chi connectivity index (χ2n) is 2.86. The largest absolute Gasteiger partial charge is 0.353 e. The van der Waals surface area contributed by atoms with Crippen LogP contribution in [0.2, 0.25) is 0 Å². The van der Waals surface area contributed by atoms with E-state index < -0.39 is 0 Å². The number of hydrogen-bond donors (Lipinski definition) is 0. The van der Waals surface area contributed by atoms with Crippen molar-refractivity contribution in [2.45, 2.75) is 46.8 Å². The molecule has 0 amide bonds. The molecule has 0 unspecified atom stereocenters. The summed E-state index contributed by atoms with van der Waals surface area (Å²) < 4.78 is 11.0. The van der Waals surface area contributed by atoms with Crippen LogP contribution in [0.25, 0.3) is 0 Å². The summed E-state index contributed by atoms with van der Waals surface area (Å²) in [6.07, 6.45) is 2.26. The van der Waals surface area contributed by atoms with Crippen LogP contribution in [0.15, 0.2) is 0 Å². The lowest BCUT2D eigenvalue weighted by Crippen LogP contribution is -2.26. The maximum atomic E-state index is 5.50. The Bertz CT molecular complexity index is 83.8. The highest BCUT2D eigenvalue weighted by Gasteiger charge is 2.18. The molecule has 12 heavy (non-hydrogen) atoms. The van der Waals surface area contributed by atoms with Crippen molar-refractivity contribution in [1.29, 1.82) is 0 Å². The highest BCUT2D eigenvalue weighted by Crippen LogP contribution is 2.17. The molecule has 0 heterocycles. The predicted octanol–water partition coefficient (Wildman–Crippen LogP) is 2.82. The zero-order valence-corrected chi connectivity index (χ0v) is 8.80. The van der Waals surface area contributed by atoms with E-state index >= 15 is 0 Å². The summed E-state index contributed by atoms with van der Waals surface area (Å²) in [6.45, 7) is 9.85. The second kappa shape index (κ2) is 7.56. The molecule has 0 fully saturated rings. The Morgan fingerprint density at radius 1 is 0.833 bits per heavy atom. The Hall–Kier alpha value is -0.0800. The van der Waals surface area contributed by atoms with Crippen LogP contribution in [0.1, 0.15) is 40.5 Å². The van der Waals surface area contributed by atoms with Crippen molar-refractivity contribution >= 4 is 0 Å². The van der Waals surface area contributed by atoms with E-state index in [9.17, 15) is 0 Å². The van der Waals surface area contributed by atoms with Crippen molar-refractivity contribution in [1.82, 2.24) is 0 Å². The van der Waals surface area contributed by atoms with Gasteiger partial charge in [-0.3, -0.25) is 0 Å². The Morgan fingerprint density at radius 2 is 1.25 bits per heavy atom. The lowest BCUT2D eigenvalue weighted by molar-refractivity contribution is -0.168. The van der Waals surface area contributed by atoms with Crippen molar-refractivity contribution in [3.8, 4) is 0 Å². The van der Waals surface area contributed by atoms with Gasteiger partial charge in [0.15, 0.2) is 6.29 Å². The van der Waals surface area contributed by atoms with Crippen LogP contribution in [-0.2, 0) is 9.47 Å². The van der Waals surface area contributed by atoms with E-state index in [1.54, 1.807) is 0 Å². The van der Waals surface area contributed by atoms with Gasteiger partial charge in [0.1, 0.15) is 0 Å². The van der Waals surface area contributed by atoms with Gasteiger partial charge in [-0.15, -0.1) is 0 Å². The first-order valence-corrected chi connectivity index (χ1v) is 5.03. The van der Waals surface area contributed by atoms with E-state index in [0.29, 0.717) is 5.92 Å². The summed E-state index contributed by atoms with van der Waals surface area (Å²) in [5.74, 6) is 0.546. The van der Waals surface area contributed by atoms with Gasteiger partial charge in [-0.25, -0.2) is 0 Å². The van der Waals surface area contributed by atoms with Crippen molar-refractivity contribution < 1.29 is 9.47 Å². The van der Waals surface area contributed by atoms with Crippen LogP contribution >= 0.6 is 0 Å². The smallest absolute Gasteiger partial charge is 0.160 e. The molecule has 0 radical (unpaired) electrons. The van der Waals surface area contributed by atoms with Crippen molar-refractivity contribution in [2.75, 3.05) is 13.2 Å². The minimum atomic E-state index is 0.00926. The van der Waals surface area contributed by atoms with E-state index in [0.717, 1.165) is 26.1 Å². The third kappa shape index (κ3) is 4.07. The Balaban J connectivity index is 3.86. The molecule has 0 rings (SSSR count). The summed E-state index contributed by atoms with van der Waals surface area (Å²) in [7, 11) is 0. The van der Waals surface area contributed by atoms with Crippen molar-refractivity contribution in [3.05, 3.63) is 0 Å². The molecule has 0 aliphatic heterocycles. The van der Waals surface area contributed by atoms with Gasteiger partial charge in [-0.1, -0.05) is 13.8 Å². The molecule has 74 valence electrons. The van der Waals surface area contributed by atoms with Crippen molar-refractivity contribution in [2.24, 2.45) is 5.92 Å². The fraction of sp³-hybridized carbons (Fsp3) is 1.00. The molecule has 0 N–H and O–H groups in total. The SMILES string of the molecule is CCOC(OCC)C(CC)CC. The van der Waals surface area contributed by atoms with Crippen molar-refractivity contribution in [3.63, 3.8) is 0 Å². The van der Waals surface area contributed by atoms with Crippen LogP contribution in [0, 0.1) is 5.92 Å². The van der Waals surface area contributed by atoms with Gasteiger partial charge in [0.2, 0.25) is 0 Å². The van der Waals surface area contributed by atoms with E-state index in [-0.39, 0.29) is 6.29 Å². The molecule has 0 saturated heterocycles. The first-order chi connectivity index (χ1) is 5.79. The fourth-order valence-electron chi connectivity index (χ4n) is 1.32. The summed E-state index contributed by atoms with van der Waals surface area (Å²) in [6, 6.07) is 0. The third-order valence-corrected chi connectivity index (χ3v) is 2.10. The number of hydrogen-bond acceptors (Lipinski definition) is 2. The molecular formula is C10H22O2. The maximum Gasteiger partial charge on any atom is 0.160 e. The van der Waals surface area contributed by atoms with Gasteiger partial charge in [0.05, 0.1) is 0 Å². The minimum absolute atomic E-state index is 0.00926. The topological polar surface area (TPSA) is 18.5 Å². The van der Waals surface area contributed by atoms with Gasteiger partial charge >= 0.3 is 0 Å². The van der Waals surface area contributed by atoms with Crippen LogP contribution in [-0.4, -0.2) is 19.5 Å². The van der Waals surface area contributed by atoms with Gasteiger partial charge in [0.25, 0.3) is 0 Å². The summed E-state index contributed by atoms with van der Waals surface area (Å²) in [5.41, 5.74) is 0. The standard InChI is InChI=1S/C10H22O2/c1-5-9(6-2)10(11-7-3)12-8-4/h9-10H,5-8H2,1-4H3. The molecule has 2 nitrogen and oxygen atoms in total. The lowest BCUT2D eigenvalue weighted by Gasteiger charge is -2.24.